The van der Waals surface area contributed by atoms with Crippen molar-refractivity contribution in [3.63, 3.8) is 0 Å². The Kier molecular flexibility index (Phi) is 3.91. The molecule has 21 heavy (non-hydrogen) atoms. The predicted octanol–water partition coefficient (Wildman–Crippen LogP) is 3.30. The summed E-state index contributed by atoms with van der Waals surface area (Å²) >= 11 is 3.23. The van der Waals surface area contributed by atoms with Crippen molar-refractivity contribution in [1.82, 2.24) is 4.98 Å². The van der Waals surface area contributed by atoms with E-state index in [0.29, 0.717) is 5.75 Å². The Morgan fingerprint density at radius 1 is 1.29 bits per heavy atom. The molecule has 0 spiro atoms. The molecule has 0 saturated carbocycles. The van der Waals surface area contributed by atoms with Crippen molar-refractivity contribution in [1.29, 1.82) is 0 Å². The number of thiazole rings is 1. The van der Waals surface area contributed by atoms with E-state index in [0.717, 1.165) is 21.3 Å². The van der Waals surface area contributed by atoms with Gasteiger partial charge in [0.05, 0.1) is 5.75 Å². The Morgan fingerprint density at radius 3 is 2.57 bits per heavy atom. The molecule has 0 radical (unpaired) electrons. The summed E-state index contributed by atoms with van der Waals surface area (Å²) in [6, 6.07) is 8.37. The minimum atomic E-state index is 0.0271. The number of aryl methyl sites for hydroxylation is 1. The van der Waals surface area contributed by atoms with E-state index in [1.54, 1.807) is 23.1 Å². The molecule has 2 aromatic rings. The molecular formula is C15H17N3OS2. The number of hydrogen-bond acceptors (Lipinski definition) is 5. The molecule has 0 bridgehead atoms. The Morgan fingerprint density at radius 2 is 2.00 bits per heavy atom. The number of nitrogens with zero attached hydrogens (tertiary/aromatic N) is 3. The largest absolute Gasteiger partial charge is 0.378 e. The molecule has 1 aromatic carbocycles. The van der Waals surface area contributed by atoms with E-state index in [-0.39, 0.29) is 11.3 Å². The zero-order valence-corrected chi connectivity index (χ0v) is 13.9. The molecule has 1 aliphatic heterocycles. The van der Waals surface area contributed by atoms with E-state index in [1.807, 2.05) is 32.1 Å². The molecule has 1 atom stereocenters. The summed E-state index contributed by atoms with van der Waals surface area (Å²) in [5, 5.41) is 0.823. The highest BCUT2D eigenvalue weighted by Crippen LogP contribution is 2.43. The van der Waals surface area contributed by atoms with E-state index < -0.39 is 0 Å². The third-order valence-electron chi connectivity index (χ3n) is 3.38. The van der Waals surface area contributed by atoms with Crippen LogP contribution in [0.2, 0.25) is 0 Å². The quantitative estimate of drug-likeness (QED) is 0.870. The second-order valence-electron chi connectivity index (χ2n) is 5.17. The van der Waals surface area contributed by atoms with Crippen LogP contribution in [0.4, 0.5) is 10.8 Å². The maximum Gasteiger partial charge on any atom is 0.240 e. The summed E-state index contributed by atoms with van der Waals surface area (Å²) in [6.07, 6.45) is 1.82. The van der Waals surface area contributed by atoms with Crippen LogP contribution in [0, 0.1) is 6.92 Å². The maximum absolute atomic E-state index is 12.2. The van der Waals surface area contributed by atoms with Crippen molar-refractivity contribution in [2.75, 3.05) is 29.6 Å². The minimum absolute atomic E-state index is 0.0271. The number of amides is 1. The highest BCUT2D eigenvalue weighted by molar-refractivity contribution is 8.00. The Hall–Kier alpha value is -1.53. The van der Waals surface area contributed by atoms with Gasteiger partial charge in [-0.3, -0.25) is 9.69 Å². The van der Waals surface area contributed by atoms with E-state index in [4.69, 9.17) is 0 Å². The lowest BCUT2D eigenvalue weighted by atomic mass is 10.2. The van der Waals surface area contributed by atoms with Gasteiger partial charge in [-0.1, -0.05) is 12.1 Å². The molecule has 110 valence electrons. The Bertz CT molecular complexity index is 651. The number of benzene rings is 1. The summed E-state index contributed by atoms with van der Waals surface area (Å²) in [5.74, 6) is 0.648. The van der Waals surface area contributed by atoms with E-state index in [9.17, 15) is 4.79 Å². The minimum Gasteiger partial charge on any atom is -0.378 e. The molecule has 1 aromatic heterocycles. The fraction of sp³-hybridized carbons (Fsp3) is 0.333. The van der Waals surface area contributed by atoms with Gasteiger partial charge >= 0.3 is 0 Å². The number of anilines is 2. The Balaban J connectivity index is 1.91. The summed E-state index contributed by atoms with van der Waals surface area (Å²) in [5.41, 5.74) is 2.30. The van der Waals surface area contributed by atoms with E-state index >= 15 is 0 Å². The second-order valence-corrected chi connectivity index (χ2v) is 7.45. The van der Waals surface area contributed by atoms with Crippen molar-refractivity contribution in [2.45, 2.75) is 12.3 Å². The van der Waals surface area contributed by atoms with Crippen LogP contribution < -0.4 is 9.80 Å². The molecule has 0 aliphatic carbocycles. The van der Waals surface area contributed by atoms with Gasteiger partial charge in [-0.2, -0.15) is 0 Å². The lowest BCUT2D eigenvalue weighted by Crippen LogP contribution is -2.27. The summed E-state index contributed by atoms with van der Waals surface area (Å²) in [6.45, 7) is 2.01. The van der Waals surface area contributed by atoms with E-state index in [1.165, 1.54) is 0 Å². The molecule has 1 saturated heterocycles. The van der Waals surface area contributed by atoms with Crippen molar-refractivity contribution in [2.24, 2.45) is 0 Å². The molecule has 0 N–H and O–H groups in total. The Labute approximate surface area is 132 Å². The van der Waals surface area contributed by atoms with Crippen LogP contribution in [0.3, 0.4) is 0 Å². The lowest BCUT2D eigenvalue weighted by Gasteiger charge is -2.22. The van der Waals surface area contributed by atoms with Gasteiger partial charge in [0.25, 0.3) is 0 Å². The molecule has 1 fully saturated rings. The van der Waals surface area contributed by atoms with Gasteiger partial charge in [0.15, 0.2) is 5.13 Å². The highest BCUT2D eigenvalue weighted by Gasteiger charge is 2.35. The van der Waals surface area contributed by atoms with Crippen molar-refractivity contribution >= 4 is 39.8 Å². The summed E-state index contributed by atoms with van der Waals surface area (Å²) in [7, 11) is 4.04. The van der Waals surface area contributed by atoms with Gasteiger partial charge in [-0.25, -0.2) is 4.98 Å². The number of hydrogen-bond donors (Lipinski definition) is 0. The van der Waals surface area contributed by atoms with Crippen molar-refractivity contribution < 1.29 is 4.79 Å². The molecular weight excluding hydrogens is 302 g/mol. The molecule has 3 rings (SSSR count). The topological polar surface area (TPSA) is 36.4 Å². The van der Waals surface area contributed by atoms with Gasteiger partial charge in [0.1, 0.15) is 5.37 Å². The normalized spacial score (nSPS) is 18.3. The SMILES string of the molecule is Cc1cnc(N2C(=O)CS[C@@H]2c2ccc(N(C)C)cc2)s1. The van der Waals surface area contributed by atoms with Gasteiger partial charge in [-0.05, 0) is 24.6 Å². The summed E-state index contributed by atoms with van der Waals surface area (Å²) < 4.78 is 0. The molecule has 1 aliphatic rings. The third-order valence-corrected chi connectivity index (χ3v) is 5.50. The monoisotopic (exact) mass is 319 g/mol. The average molecular weight is 319 g/mol. The maximum atomic E-state index is 12.2. The first-order chi connectivity index (χ1) is 10.1. The van der Waals surface area contributed by atoms with Gasteiger partial charge in [-0.15, -0.1) is 23.1 Å². The first kappa shape index (κ1) is 14.4. The van der Waals surface area contributed by atoms with Crippen LogP contribution in [0.25, 0.3) is 0 Å². The number of thioether (sulfide) groups is 1. The van der Waals surface area contributed by atoms with Crippen LogP contribution in [0.5, 0.6) is 0 Å². The third kappa shape index (κ3) is 2.78. The predicted molar refractivity (Wildman–Crippen MR) is 90.3 cm³/mol. The molecule has 0 unspecified atom stereocenters. The number of carbonyl (C=O) groups excluding carboxylic acids is 1. The zero-order chi connectivity index (χ0) is 15.0. The zero-order valence-electron chi connectivity index (χ0n) is 12.2. The van der Waals surface area contributed by atoms with Crippen LogP contribution in [-0.4, -0.2) is 30.7 Å². The molecule has 6 heteroatoms. The fourth-order valence-corrected chi connectivity index (χ4v) is 4.30. The molecule has 1 amide bonds. The first-order valence-corrected chi connectivity index (χ1v) is 8.56. The lowest BCUT2D eigenvalue weighted by molar-refractivity contribution is -0.115. The average Bonchev–Trinajstić information content (AvgIpc) is 3.04. The second kappa shape index (κ2) is 5.69. The van der Waals surface area contributed by atoms with Crippen molar-refractivity contribution in [3.8, 4) is 0 Å². The van der Waals surface area contributed by atoms with Crippen molar-refractivity contribution in [3.05, 3.63) is 40.9 Å². The number of carbonyl (C=O) groups is 1. The van der Waals surface area contributed by atoms with Crippen LogP contribution in [-0.2, 0) is 4.79 Å². The van der Waals surface area contributed by atoms with Crippen LogP contribution in [0.1, 0.15) is 15.8 Å². The first-order valence-electron chi connectivity index (χ1n) is 6.69. The van der Waals surface area contributed by atoms with Crippen LogP contribution >= 0.6 is 23.1 Å². The van der Waals surface area contributed by atoms with Crippen LogP contribution in [0.15, 0.2) is 30.5 Å². The van der Waals surface area contributed by atoms with E-state index in [2.05, 4.69) is 34.1 Å². The highest BCUT2D eigenvalue weighted by atomic mass is 32.2. The van der Waals surface area contributed by atoms with Gasteiger partial charge in [0, 0.05) is 30.9 Å². The fourth-order valence-electron chi connectivity index (χ4n) is 2.27. The van der Waals surface area contributed by atoms with Gasteiger partial charge in [0.2, 0.25) is 5.91 Å². The molecule has 2 heterocycles. The number of aromatic nitrogens is 1. The smallest absolute Gasteiger partial charge is 0.240 e. The standard InChI is InChI=1S/C15H17N3OS2/c1-10-8-16-15(21-10)18-13(19)9-20-14(18)11-4-6-12(7-5-11)17(2)3/h4-8,14H,9H2,1-3H3/t14-/m1/s1. The van der Waals surface area contributed by atoms with Gasteiger partial charge < -0.3 is 4.90 Å². The number of rotatable bonds is 3. The summed E-state index contributed by atoms with van der Waals surface area (Å²) in [4.78, 5) is 21.6. The molecule has 4 nitrogen and oxygen atoms in total.